The number of likely N-dealkylation sites (tertiary alicyclic amines) is 1. The zero-order valence-electron chi connectivity index (χ0n) is 14.2. The summed E-state index contributed by atoms with van der Waals surface area (Å²) in [6, 6.07) is 11.8. The van der Waals surface area contributed by atoms with Crippen molar-refractivity contribution < 1.29 is 18.0 Å². The Kier molecular flexibility index (Phi) is 8.07. The second-order valence-corrected chi connectivity index (χ2v) is 6.15. The van der Waals surface area contributed by atoms with E-state index in [0.717, 1.165) is 17.8 Å². The van der Waals surface area contributed by atoms with Crippen molar-refractivity contribution in [3.05, 3.63) is 65.5 Å². The van der Waals surface area contributed by atoms with Crippen LogP contribution in [-0.4, -0.2) is 35.4 Å². The van der Waals surface area contributed by atoms with E-state index in [1.165, 1.54) is 6.07 Å². The second kappa shape index (κ2) is 9.39. The molecule has 2 heterocycles. The van der Waals surface area contributed by atoms with Crippen molar-refractivity contribution >= 4 is 30.7 Å². The summed E-state index contributed by atoms with van der Waals surface area (Å²) in [5.41, 5.74) is 6.11. The molecule has 1 fully saturated rings. The van der Waals surface area contributed by atoms with E-state index in [-0.39, 0.29) is 48.1 Å². The SMILES string of the molecule is Cl.Cl.NC[C@@H]1CN(C(=O)c2ccc(C(F)(F)F)nc2)C[C@H]1c1ccccc1. The van der Waals surface area contributed by atoms with Crippen LogP contribution in [0.3, 0.4) is 0 Å². The Morgan fingerprint density at radius 2 is 1.78 bits per heavy atom. The number of hydrogen-bond donors (Lipinski definition) is 1. The zero-order valence-corrected chi connectivity index (χ0v) is 15.9. The molecule has 27 heavy (non-hydrogen) atoms. The monoisotopic (exact) mass is 421 g/mol. The molecule has 1 saturated heterocycles. The van der Waals surface area contributed by atoms with E-state index in [2.05, 4.69) is 4.98 Å². The number of nitrogens with zero attached hydrogens (tertiary/aromatic N) is 2. The molecule has 1 aromatic carbocycles. The summed E-state index contributed by atoms with van der Waals surface area (Å²) in [5, 5.41) is 0. The van der Waals surface area contributed by atoms with Crippen LogP contribution in [-0.2, 0) is 6.18 Å². The van der Waals surface area contributed by atoms with Gasteiger partial charge in [-0.3, -0.25) is 9.78 Å². The molecule has 1 amide bonds. The fraction of sp³-hybridized carbons (Fsp3) is 0.333. The van der Waals surface area contributed by atoms with Crippen molar-refractivity contribution in [3.8, 4) is 0 Å². The van der Waals surface area contributed by atoms with Crippen LogP contribution in [0.2, 0.25) is 0 Å². The number of benzene rings is 1. The summed E-state index contributed by atoms with van der Waals surface area (Å²) < 4.78 is 37.8. The molecule has 0 bridgehead atoms. The van der Waals surface area contributed by atoms with Gasteiger partial charge in [0.1, 0.15) is 5.69 Å². The number of amides is 1. The minimum Gasteiger partial charge on any atom is -0.338 e. The van der Waals surface area contributed by atoms with Crippen LogP contribution < -0.4 is 5.73 Å². The Labute approximate surface area is 167 Å². The van der Waals surface area contributed by atoms with Gasteiger partial charge < -0.3 is 10.6 Å². The first kappa shape index (κ1) is 23.2. The molecule has 0 spiro atoms. The van der Waals surface area contributed by atoms with E-state index < -0.39 is 11.9 Å². The lowest BCUT2D eigenvalue weighted by molar-refractivity contribution is -0.141. The van der Waals surface area contributed by atoms with Crippen molar-refractivity contribution in [2.75, 3.05) is 19.6 Å². The molecule has 0 saturated carbocycles. The van der Waals surface area contributed by atoms with Crippen LogP contribution in [0.15, 0.2) is 48.7 Å². The summed E-state index contributed by atoms with van der Waals surface area (Å²) in [4.78, 5) is 17.6. The fourth-order valence-corrected chi connectivity index (χ4v) is 3.22. The van der Waals surface area contributed by atoms with Gasteiger partial charge in [-0.2, -0.15) is 13.2 Å². The third-order valence-corrected chi connectivity index (χ3v) is 4.56. The lowest BCUT2D eigenvalue weighted by atomic mass is 9.89. The third-order valence-electron chi connectivity index (χ3n) is 4.56. The van der Waals surface area contributed by atoms with Crippen molar-refractivity contribution in [1.29, 1.82) is 0 Å². The molecule has 0 aliphatic carbocycles. The molecule has 9 heteroatoms. The Morgan fingerprint density at radius 3 is 2.30 bits per heavy atom. The molecule has 1 aliphatic heterocycles. The Hall–Kier alpha value is -1.83. The first-order chi connectivity index (χ1) is 11.9. The quantitative estimate of drug-likeness (QED) is 0.820. The molecule has 0 radical (unpaired) electrons. The molecule has 2 atom stereocenters. The highest BCUT2D eigenvalue weighted by Gasteiger charge is 2.36. The predicted octanol–water partition coefficient (Wildman–Crippen LogP) is 3.76. The van der Waals surface area contributed by atoms with Gasteiger partial charge >= 0.3 is 6.18 Å². The predicted molar refractivity (Wildman–Crippen MR) is 101 cm³/mol. The van der Waals surface area contributed by atoms with Gasteiger partial charge in [0.25, 0.3) is 5.91 Å². The van der Waals surface area contributed by atoms with E-state index in [9.17, 15) is 18.0 Å². The fourth-order valence-electron chi connectivity index (χ4n) is 3.22. The largest absolute Gasteiger partial charge is 0.433 e. The highest BCUT2D eigenvalue weighted by Crippen LogP contribution is 2.33. The van der Waals surface area contributed by atoms with E-state index >= 15 is 0 Å². The van der Waals surface area contributed by atoms with E-state index in [0.29, 0.717) is 19.6 Å². The molecule has 4 nitrogen and oxygen atoms in total. The first-order valence-electron chi connectivity index (χ1n) is 7.97. The molecule has 3 rings (SSSR count). The van der Waals surface area contributed by atoms with Crippen molar-refractivity contribution in [1.82, 2.24) is 9.88 Å². The summed E-state index contributed by atoms with van der Waals surface area (Å²) in [5.74, 6) is -0.0792. The summed E-state index contributed by atoms with van der Waals surface area (Å²) >= 11 is 0. The maximum atomic E-state index is 12.6. The third kappa shape index (κ3) is 5.12. The average Bonchev–Trinajstić information content (AvgIpc) is 3.05. The number of halogens is 5. The number of rotatable bonds is 3. The Bertz CT molecular complexity index is 742. The minimum absolute atomic E-state index is 0. The normalized spacial score (nSPS) is 19.2. The molecule has 1 aliphatic rings. The van der Waals surface area contributed by atoms with Crippen molar-refractivity contribution in [2.24, 2.45) is 11.7 Å². The van der Waals surface area contributed by atoms with Crippen LogP contribution in [0.1, 0.15) is 27.5 Å². The van der Waals surface area contributed by atoms with Crippen LogP contribution >= 0.6 is 24.8 Å². The number of pyridine rings is 1. The highest BCUT2D eigenvalue weighted by atomic mass is 35.5. The smallest absolute Gasteiger partial charge is 0.338 e. The van der Waals surface area contributed by atoms with Gasteiger partial charge in [-0.05, 0) is 30.2 Å². The van der Waals surface area contributed by atoms with Gasteiger partial charge in [0.15, 0.2) is 0 Å². The molecule has 0 unspecified atom stereocenters. The van der Waals surface area contributed by atoms with Gasteiger partial charge in [0.05, 0.1) is 5.56 Å². The van der Waals surface area contributed by atoms with E-state index in [1.54, 1.807) is 4.90 Å². The molecule has 148 valence electrons. The number of alkyl halides is 3. The van der Waals surface area contributed by atoms with Crippen LogP contribution in [0.4, 0.5) is 13.2 Å². The average molecular weight is 422 g/mol. The number of hydrogen-bond acceptors (Lipinski definition) is 3. The maximum absolute atomic E-state index is 12.6. The van der Waals surface area contributed by atoms with Gasteiger partial charge in [-0.1, -0.05) is 30.3 Å². The standard InChI is InChI=1S/C18H18F3N3O.2ClH/c19-18(20,21)16-7-6-13(9-23-16)17(25)24-10-14(8-22)15(11-24)12-4-2-1-3-5-12;;/h1-7,9,14-15H,8,10-11,22H2;2*1H/t14-,15+;;/m1../s1. The van der Waals surface area contributed by atoms with Gasteiger partial charge in [-0.15, -0.1) is 24.8 Å². The minimum atomic E-state index is -4.52. The van der Waals surface area contributed by atoms with Crippen LogP contribution in [0.25, 0.3) is 0 Å². The number of nitrogens with two attached hydrogens (primary N) is 1. The topological polar surface area (TPSA) is 59.2 Å². The van der Waals surface area contributed by atoms with Crippen LogP contribution in [0, 0.1) is 5.92 Å². The van der Waals surface area contributed by atoms with Crippen molar-refractivity contribution in [2.45, 2.75) is 12.1 Å². The maximum Gasteiger partial charge on any atom is 0.433 e. The van der Waals surface area contributed by atoms with Gasteiger partial charge in [0, 0.05) is 25.2 Å². The Morgan fingerprint density at radius 1 is 1.11 bits per heavy atom. The number of aromatic nitrogens is 1. The molecule has 2 N–H and O–H groups in total. The summed E-state index contributed by atoms with van der Waals surface area (Å²) in [6.07, 6.45) is -3.53. The van der Waals surface area contributed by atoms with Gasteiger partial charge in [0.2, 0.25) is 0 Å². The lowest BCUT2D eigenvalue weighted by Crippen LogP contribution is -2.30. The number of carbonyl (C=O) groups excluding carboxylic acids is 1. The molecular formula is C18H20Cl2F3N3O. The molecule has 2 aromatic rings. The highest BCUT2D eigenvalue weighted by molar-refractivity contribution is 5.94. The van der Waals surface area contributed by atoms with E-state index in [4.69, 9.17) is 5.73 Å². The Balaban J connectivity index is 0.00000182. The summed E-state index contributed by atoms with van der Waals surface area (Å²) in [7, 11) is 0. The van der Waals surface area contributed by atoms with E-state index in [1.807, 2.05) is 30.3 Å². The van der Waals surface area contributed by atoms with Crippen molar-refractivity contribution in [3.63, 3.8) is 0 Å². The second-order valence-electron chi connectivity index (χ2n) is 6.15. The first-order valence-corrected chi connectivity index (χ1v) is 7.97. The molecular weight excluding hydrogens is 402 g/mol. The molecule has 1 aromatic heterocycles. The number of carbonyl (C=O) groups is 1. The van der Waals surface area contributed by atoms with Gasteiger partial charge in [-0.25, -0.2) is 0 Å². The lowest BCUT2D eigenvalue weighted by Gasteiger charge is -2.17. The van der Waals surface area contributed by atoms with Crippen LogP contribution in [0.5, 0.6) is 0 Å². The zero-order chi connectivity index (χ0) is 18.0. The summed E-state index contributed by atoms with van der Waals surface area (Å²) in [6.45, 7) is 1.41.